The van der Waals surface area contributed by atoms with Crippen LogP contribution in [-0.4, -0.2) is 25.2 Å². The molecule has 0 unspecified atom stereocenters. The lowest BCUT2D eigenvalue weighted by Gasteiger charge is -2.19. The van der Waals surface area contributed by atoms with Gasteiger partial charge < -0.3 is 14.5 Å². The van der Waals surface area contributed by atoms with Crippen LogP contribution in [-0.2, 0) is 0 Å². The fourth-order valence-corrected chi connectivity index (χ4v) is 3.19. The van der Waals surface area contributed by atoms with Crippen LogP contribution in [0, 0.1) is 17.9 Å². The van der Waals surface area contributed by atoms with Gasteiger partial charge in [0.25, 0.3) is 0 Å². The van der Waals surface area contributed by atoms with Crippen LogP contribution in [0.1, 0.15) is 24.7 Å². The fraction of sp³-hybridized carbons (Fsp3) is 0.286. The Hall–Kier alpha value is -2.84. The maximum absolute atomic E-state index is 13.3. The van der Waals surface area contributed by atoms with Gasteiger partial charge in [-0.25, -0.2) is 9.37 Å². The van der Waals surface area contributed by atoms with Crippen LogP contribution in [0.2, 0.25) is 0 Å². The molecule has 0 radical (unpaired) electrons. The Morgan fingerprint density at radius 2 is 1.88 bits per heavy atom. The second-order valence-corrected chi connectivity index (χ2v) is 6.33. The van der Waals surface area contributed by atoms with Crippen molar-refractivity contribution < 1.29 is 13.5 Å². The molecule has 1 aliphatic rings. The predicted molar refractivity (Wildman–Crippen MR) is 96.4 cm³/mol. The van der Waals surface area contributed by atoms with E-state index in [1.807, 2.05) is 12.1 Å². The van der Waals surface area contributed by atoms with E-state index in [4.69, 9.17) is 14.1 Å². The predicted octanol–water partition coefficient (Wildman–Crippen LogP) is 4.22. The first kappa shape index (κ1) is 16.6. The first-order valence-corrected chi connectivity index (χ1v) is 8.70. The molecular weight excluding hydrogens is 331 g/mol. The SMILES string of the molecule is COc1c#cc(-c2nc(C3CCNCC3)oc2-c2ccc(F)cc2)cc1. The molecule has 0 atom stereocenters. The van der Waals surface area contributed by atoms with E-state index < -0.39 is 0 Å². The number of oxazole rings is 1. The zero-order valence-corrected chi connectivity index (χ0v) is 14.5. The van der Waals surface area contributed by atoms with Gasteiger partial charge in [0.15, 0.2) is 17.4 Å². The molecule has 2 aromatic carbocycles. The lowest BCUT2D eigenvalue weighted by Crippen LogP contribution is -2.26. The van der Waals surface area contributed by atoms with Crippen LogP contribution in [0.15, 0.2) is 40.8 Å². The first-order valence-electron chi connectivity index (χ1n) is 8.70. The Morgan fingerprint density at radius 1 is 1.12 bits per heavy atom. The van der Waals surface area contributed by atoms with Crippen molar-refractivity contribution in [3.63, 3.8) is 0 Å². The molecule has 2 heterocycles. The van der Waals surface area contributed by atoms with E-state index in [1.165, 1.54) is 12.1 Å². The van der Waals surface area contributed by atoms with Gasteiger partial charge in [0.05, 0.1) is 12.7 Å². The van der Waals surface area contributed by atoms with Crippen molar-refractivity contribution in [3.8, 4) is 28.3 Å². The number of ether oxygens (including phenoxy) is 1. The summed E-state index contributed by atoms with van der Waals surface area (Å²) < 4.78 is 24.6. The van der Waals surface area contributed by atoms with Gasteiger partial charge in [0, 0.05) is 11.5 Å². The van der Waals surface area contributed by atoms with Crippen LogP contribution in [0.5, 0.6) is 5.75 Å². The molecule has 0 aliphatic carbocycles. The van der Waals surface area contributed by atoms with Crippen molar-refractivity contribution >= 4 is 0 Å². The molecule has 0 saturated carbocycles. The minimum absolute atomic E-state index is 0.280. The van der Waals surface area contributed by atoms with Gasteiger partial charge in [-0.2, -0.15) is 0 Å². The van der Waals surface area contributed by atoms with E-state index in [-0.39, 0.29) is 11.7 Å². The number of halogens is 1. The summed E-state index contributed by atoms with van der Waals surface area (Å²) in [5.74, 6) is 1.97. The number of aromatic nitrogens is 1. The van der Waals surface area contributed by atoms with Gasteiger partial charge in [-0.05, 0) is 68.4 Å². The smallest absolute Gasteiger partial charge is 0.198 e. The van der Waals surface area contributed by atoms with E-state index in [2.05, 4.69) is 17.4 Å². The number of benzene rings is 1. The summed E-state index contributed by atoms with van der Waals surface area (Å²) in [6.07, 6.45) is 1.97. The molecular formula is C21H19FN2O2. The lowest BCUT2D eigenvalue weighted by atomic mass is 9.98. The van der Waals surface area contributed by atoms with E-state index in [0.29, 0.717) is 17.2 Å². The number of hydrogen-bond donors (Lipinski definition) is 1. The van der Waals surface area contributed by atoms with E-state index in [9.17, 15) is 4.39 Å². The molecule has 1 aliphatic heterocycles. The van der Waals surface area contributed by atoms with Crippen LogP contribution in [0.25, 0.3) is 22.6 Å². The van der Waals surface area contributed by atoms with Gasteiger partial charge in [0.1, 0.15) is 11.5 Å². The Kier molecular flexibility index (Phi) is 4.59. The van der Waals surface area contributed by atoms with Gasteiger partial charge in [-0.1, -0.05) is 6.07 Å². The zero-order valence-electron chi connectivity index (χ0n) is 14.5. The van der Waals surface area contributed by atoms with Crippen molar-refractivity contribution in [2.45, 2.75) is 18.8 Å². The molecule has 5 heteroatoms. The molecule has 3 aromatic rings. The highest BCUT2D eigenvalue weighted by atomic mass is 19.1. The van der Waals surface area contributed by atoms with Crippen molar-refractivity contribution in [2.75, 3.05) is 20.2 Å². The molecule has 132 valence electrons. The van der Waals surface area contributed by atoms with Gasteiger partial charge in [-0.15, -0.1) is 0 Å². The number of hydrogen-bond acceptors (Lipinski definition) is 4. The fourth-order valence-electron chi connectivity index (χ4n) is 3.19. The van der Waals surface area contributed by atoms with Crippen molar-refractivity contribution in [1.29, 1.82) is 0 Å². The second-order valence-electron chi connectivity index (χ2n) is 6.33. The molecule has 4 nitrogen and oxygen atoms in total. The Balaban J connectivity index is 1.78. The van der Waals surface area contributed by atoms with Crippen LogP contribution in [0.3, 0.4) is 0 Å². The molecule has 1 N–H and O–H groups in total. The molecule has 0 bridgehead atoms. The maximum atomic E-state index is 13.3. The Bertz CT molecular complexity index is 866. The summed E-state index contributed by atoms with van der Waals surface area (Å²) >= 11 is 0. The first-order chi connectivity index (χ1) is 12.7. The van der Waals surface area contributed by atoms with E-state index in [1.54, 1.807) is 19.2 Å². The third-order valence-corrected chi connectivity index (χ3v) is 4.64. The second kappa shape index (κ2) is 7.19. The average molecular weight is 350 g/mol. The summed E-state index contributed by atoms with van der Waals surface area (Å²) in [5.41, 5.74) is 2.26. The van der Waals surface area contributed by atoms with Crippen molar-refractivity contribution in [2.24, 2.45) is 0 Å². The average Bonchev–Trinajstić information content (AvgIpc) is 3.15. The van der Waals surface area contributed by atoms with E-state index in [0.717, 1.165) is 42.9 Å². The van der Waals surface area contributed by atoms with Gasteiger partial charge in [0.2, 0.25) is 0 Å². The standard InChI is InChI=1S/C21H19FN2O2/c1-25-18-8-4-14(5-9-18)19-20(15-2-6-17(22)7-3-15)26-21(24-19)16-10-12-23-13-11-16/h2-4,6-8,16,23H,10-13H2,1H3. The minimum Gasteiger partial charge on any atom is -0.489 e. The number of nitrogens with one attached hydrogen (secondary N) is 1. The van der Waals surface area contributed by atoms with Crippen LogP contribution >= 0.6 is 0 Å². The van der Waals surface area contributed by atoms with Gasteiger partial charge >= 0.3 is 0 Å². The molecule has 26 heavy (non-hydrogen) atoms. The number of rotatable bonds is 4. The van der Waals surface area contributed by atoms with E-state index >= 15 is 0 Å². The Morgan fingerprint density at radius 3 is 2.54 bits per heavy atom. The topological polar surface area (TPSA) is 47.3 Å². The number of piperidine rings is 1. The molecule has 1 aromatic heterocycles. The number of methoxy groups -OCH3 is 1. The highest BCUT2D eigenvalue weighted by Gasteiger charge is 2.24. The molecule has 1 saturated heterocycles. The normalized spacial score (nSPS) is 14.8. The lowest BCUT2D eigenvalue weighted by molar-refractivity contribution is 0.378. The highest BCUT2D eigenvalue weighted by molar-refractivity contribution is 5.76. The molecule has 1 fully saturated rings. The third kappa shape index (κ3) is 3.29. The summed E-state index contributed by atoms with van der Waals surface area (Å²) in [6.45, 7) is 1.91. The summed E-state index contributed by atoms with van der Waals surface area (Å²) in [7, 11) is 1.59. The summed E-state index contributed by atoms with van der Waals surface area (Å²) in [5, 5.41) is 3.35. The number of nitrogens with zero attached hydrogens (tertiary/aromatic N) is 1. The monoisotopic (exact) mass is 350 g/mol. The summed E-state index contributed by atoms with van der Waals surface area (Å²) in [4.78, 5) is 4.78. The largest absolute Gasteiger partial charge is 0.489 e. The molecule has 4 rings (SSSR count). The molecule has 0 spiro atoms. The summed E-state index contributed by atoms with van der Waals surface area (Å²) in [6, 6.07) is 16.0. The minimum atomic E-state index is -0.280. The Labute approximate surface area is 152 Å². The van der Waals surface area contributed by atoms with Crippen molar-refractivity contribution in [1.82, 2.24) is 10.3 Å². The van der Waals surface area contributed by atoms with Gasteiger partial charge in [-0.3, -0.25) is 0 Å². The quantitative estimate of drug-likeness (QED) is 0.765. The highest BCUT2D eigenvalue weighted by Crippen LogP contribution is 2.36. The third-order valence-electron chi connectivity index (χ3n) is 4.64. The van der Waals surface area contributed by atoms with Crippen LogP contribution in [0.4, 0.5) is 4.39 Å². The van der Waals surface area contributed by atoms with Crippen LogP contribution < -0.4 is 10.1 Å². The zero-order chi connectivity index (χ0) is 17.9. The molecule has 0 amide bonds. The van der Waals surface area contributed by atoms with Crippen molar-refractivity contribution in [3.05, 3.63) is 60.2 Å². The maximum Gasteiger partial charge on any atom is 0.198 e.